The molecule has 7 heteroatoms. The quantitative estimate of drug-likeness (QED) is 0.651. The van der Waals surface area contributed by atoms with Crippen LogP contribution in [0.2, 0.25) is 0 Å². The molecule has 17 heavy (non-hydrogen) atoms. The molecule has 0 aliphatic carbocycles. The third kappa shape index (κ3) is 3.13. The van der Waals surface area contributed by atoms with Crippen molar-refractivity contribution in [1.29, 1.82) is 0 Å². The number of benzene rings is 1. The summed E-state index contributed by atoms with van der Waals surface area (Å²) in [6.07, 6.45) is 0. The molecule has 0 spiro atoms. The number of hydrogen-bond donors (Lipinski definition) is 1. The monoisotopic (exact) mass is 241 g/mol. The van der Waals surface area contributed by atoms with Crippen molar-refractivity contribution in [2.45, 2.75) is 6.92 Å². The van der Waals surface area contributed by atoms with Gasteiger partial charge < -0.3 is 10.2 Å². The van der Waals surface area contributed by atoms with Crippen LogP contribution < -0.4 is 5.32 Å². The van der Waals surface area contributed by atoms with Crippen LogP contribution in [-0.2, 0) is 0 Å². The summed E-state index contributed by atoms with van der Waals surface area (Å²) in [7, 11) is 1.55. The number of carbonyl (C=O) groups is 1. The number of carbonyl (C=O) groups excluding carboxylic acids is 1. The first kappa shape index (κ1) is 12.9. The Balaban J connectivity index is 2.86. The Morgan fingerprint density at radius 2 is 2.24 bits per heavy atom. The summed E-state index contributed by atoms with van der Waals surface area (Å²) in [6, 6.07) is 2.58. The maximum atomic E-state index is 13.4. The SMILES string of the molecule is CCN(C)C(=O)Nc1ccc([N+](=O)[O-])cc1F. The zero-order chi connectivity index (χ0) is 13.0. The van der Waals surface area contributed by atoms with Crippen LogP contribution in [0.1, 0.15) is 6.92 Å². The molecule has 1 aromatic carbocycles. The van der Waals surface area contributed by atoms with Gasteiger partial charge in [0.1, 0.15) is 0 Å². The molecule has 0 saturated carbocycles. The van der Waals surface area contributed by atoms with E-state index in [2.05, 4.69) is 5.32 Å². The summed E-state index contributed by atoms with van der Waals surface area (Å²) in [5, 5.41) is 12.7. The molecule has 0 aromatic heterocycles. The molecule has 1 N–H and O–H groups in total. The zero-order valence-corrected chi connectivity index (χ0v) is 9.44. The van der Waals surface area contributed by atoms with E-state index in [1.54, 1.807) is 14.0 Å². The summed E-state index contributed by atoms with van der Waals surface area (Å²) in [5.41, 5.74) is -0.440. The number of nitro benzene ring substituents is 1. The lowest BCUT2D eigenvalue weighted by Gasteiger charge is -2.15. The van der Waals surface area contributed by atoms with Gasteiger partial charge in [-0.3, -0.25) is 10.1 Å². The minimum Gasteiger partial charge on any atom is -0.328 e. The van der Waals surface area contributed by atoms with Gasteiger partial charge >= 0.3 is 6.03 Å². The van der Waals surface area contributed by atoms with Gasteiger partial charge in [0.2, 0.25) is 0 Å². The van der Waals surface area contributed by atoms with Gasteiger partial charge in [-0.2, -0.15) is 0 Å². The van der Waals surface area contributed by atoms with Crippen molar-refractivity contribution in [2.24, 2.45) is 0 Å². The van der Waals surface area contributed by atoms with Crippen molar-refractivity contribution in [3.8, 4) is 0 Å². The average molecular weight is 241 g/mol. The molecule has 6 nitrogen and oxygen atoms in total. The first-order valence-electron chi connectivity index (χ1n) is 4.91. The number of hydrogen-bond acceptors (Lipinski definition) is 3. The van der Waals surface area contributed by atoms with Crippen molar-refractivity contribution in [3.63, 3.8) is 0 Å². The van der Waals surface area contributed by atoms with Crippen molar-refractivity contribution in [2.75, 3.05) is 18.9 Å². The highest BCUT2D eigenvalue weighted by atomic mass is 19.1. The van der Waals surface area contributed by atoms with Crippen LogP contribution in [0.3, 0.4) is 0 Å². The Morgan fingerprint density at radius 3 is 2.71 bits per heavy atom. The van der Waals surface area contributed by atoms with Gasteiger partial charge in [-0.15, -0.1) is 0 Å². The fourth-order valence-corrected chi connectivity index (χ4v) is 1.07. The molecule has 0 bridgehead atoms. The maximum absolute atomic E-state index is 13.4. The Bertz CT molecular complexity index is 450. The van der Waals surface area contributed by atoms with Crippen molar-refractivity contribution >= 4 is 17.4 Å². The van der Waals surface area contributed by atoms with Crippen LogP contribution in [0.5, 0.6) is 0 Å². The molecule has 0 atom stereocenters. The summed E-state index contributed by atoms with van der Waals surface area (Å²) >= 11 is 0. The average Bonchev–Trinajstić information content (AvgIpc) is 2.30. The third-order valence-electron chi connectivity index (χ3n) is 2.23. The third-order valence-corrected chi connectivity index (χ3v) is 2.23. The molecule has 2 amide bonds. The van der Waals surface area contributed by atoms with E-state index >= 15 is 0 Å². The lowest BCUT2D eigenvalue weighted by atomic mass is 10.2. The highest BCUT2D eigenvalue weighted by Gasteiger charge is 2.13. The van der Waals surface area contributed by atoms with Crippen LogP contribution in [0.15, 0.2) is 18.2 Å². The van der Waals surface area contributed by atoms with Crippen LogP contribution in [0, 0.1) is 15.9 Å². The number of nitro groups is 1. The largest absolute Gasteiger partial charge is 0.328 e. The molecule has 1 aromatic rings. The second-order valence-electron chi connectivity index (χ2n) is 3.37. The van der Waals surface area contributed by atoms with Crippen molar-refractivity contribution < 1.29 is 14.1 Å². The summed E-state index contributed by atoms with van der Waals surface area (Å²) in [5.74, 6) is -0.836. The van der Waals surface area contributed by atoms with Crippen LogP contribution in [0.25, 0.3) is 0 Å². The molecule has 0 heterocycles. The van der Waals surface area contributed by atoms with Gasteiger partial charge in [-0.05, 0) is 13.0 Å². The molecule has 0 aliphatic rings. The molecule has 0 unspecified atom stereocenters. The van der Waals surface area contributed by atoms with E-state index in [1.807, 2.05) is 0 Å². The predicted molar refractivity (Wildman–Crippen MR) is 60.4 cm³/mol. The van der Waals surface area contributed by atoms with Gasteiger partial charge in [0, 0.05) is 19.7 Å². The minimum atomic E-state index is -0.836. The molecule has 1 rings (SSSR count). The van der Waals surface area contributed by atoms with E-state index in [-0.39, 0.29) is 11.4 Å². The second-order valence-corrected chi connectivity index (χ2v) is 3.37. The van der Waals surface area contributed by atoms with Gasteiger partial charge in [0.25, 0.3) is 5.69 Å². The number of rotatable bonds is 3. The Morgan fingerprint density at radius 1 is 1.59 bits per heavy atom. The van der Waals surface area contributed by atoms with Gasteiger partial charge in [-0.1, -0.05) is 0 Å². The number of non-ortho nitro benzene ring substituents is 1. The maximum Gasteiger partial charge on any atom is 0.321 e. The number of urea groups is 1. The lowest BCUT2D eigenvalue weighted by Crippen LogP contribution is -2.31. The van der Waals surface area contributed by atoms with Crippen molar-refractivity contribution in [3.05, 3.63) is 34.1 Å². The number of nitrogens with zero attached hydrogens (tertiary/aromatic N) is 2. The number of nitrogens with one attached hydrogen (secondary N) is 1. The summed E-state index contributed by atoms with van der Waals surface area (Å²) in [4.78, 5) is 22.5. The molecular formula is C10H12FN3O3. The van der Waals surface area contributed by atoms with E-state index < -0.39 is 16.8 Å². The summed E-state index contributed by atoms with van der Waals surface area (Å²) < 4.78 is 13.4. The molecular weight excluding hydrogens is 229 g/mol. The van der Waals surface area contributed by atoms with Gasteiger partial charge in [0.05, 0.1) is 16.7 Å². The smallest absolute Gasteiger partial charge is 0.321 e. The van der Waals surface area contributed by atoms with Gasteiger partial charge in [-0.25, -0.2) is 9.18 Å². The predicted octanol–water partition coefficient (Wildman–Crippen LogP) is 2.22. The normalized spacial score (nSPS) is 9.82. The standard InChI is InChI=1S/C10H12FN3O3/c1-3-13(2)10(15)12-9-5-4-7(14(16)17)6-8(9)11/h4-6H,3H2,1-2H3,(H,12,15). The number of halogens is 1. The van der Waals surface area contributed by atoms with Crippen LogP contribution >= 0.6 is 0 Å². The second kappa shape index (κ2) is 5.24. The molecule has 92 valence electrons. The zero-order valence-electron chi connectivity index (χ0n) is 9.44. The Kier molecular flexibility index (Phi) is 3.97. The van der Waals surface area contributed by atoms with Crippen LogP contribution in [-0.4, -0.2) is 29.4 Å². The molecule has 0 saturated heterocycles. The first-order valence-corrected chi connectivity index (χ1v) is 4.91. The van der Waals surface area contributed by atoms with E-state index in [0.29, 0.717) is 6.54 Å². The van der Waals surface area contributed by atoms with E-state index in [4.69, 9.17) is 0 Å². The number of anilines is 1. The van der Waals surface area contributed by atoms with Crippen molar-refractivity contribution in [1.82, 2.24) is 4.90 Å². The van der Waals surface area contributed by atoms with Crippen LogP contribution in [0.4, 0.5) is 20.6 Å². The lowest BCUT2D eigenvalue weighted by molar-refractivity contribution is -0.385. The van der Waals surface area contributed by atoms with E-state index in [0.717, 1.165) is 18.2 Å². The van der Waals surface area contributed by atoms with E-state index in [9.17, 15) is 19.3 Å². The summed E-state index contributed by atoms with van der Waals surface area (Å²) in [6.45, 7) is 2.24. The highest BCUT2D eigenvalue weighted by molar-refractivity contribution is 5.89. The minimum absolute atomic E-state index is 0.0825. The molecule has 0 radical (unpaired) electrons. The topological polar surface area (TPSA) is 75.5 Å². The fraction of sp³-hybridized carbons (Fsp3) is 0.300. The Hall–Kier alpha value is -2.18. The van der Waals surface area contributed by atoms with Gasteiger partial charge in [0.15, 0.2) is 5.82 Å². The highest BCUT2D eigenvalue weighted by Crippen LogP contribution is 2.20. The molecule has 0 fully saturated rings. The molecule has 0 aliphatic heterocycles. The fourth-order valence-electron chi connectivity index (χ4n) is 1.07. The van der Waals surface area contributed by atoms with E-state index in [1.165, 1.54) is 4.90 Å². The Labute approximate surface area is 97.2 Å². The first-order chi connectivity index (χ1) is 7.95. The number of amides is 2.